The monoisotopic (exact) mass is 464 g/mol. The number of amides is 1. The molecule has 30 heavy (non-hydrogen) atoms. The highest BCUT2D eigenvalue weighted by atomic mass is 79.9. The van der Waals surface area contributed by atoms with Gasteiger partial charge in [-0.25, -0.2) is 9.97 Å². The van der Waals surface area contributed by atoms with Crippen LogP contribution in [0.5, 0.6) is 0 Å². The zero-order chi connectivity index (χ0) is 21.1. The van der Waals surface area contributed by atoms with Crippen LogP contribution >= 0.6 is 15.9 Å². The SMILES string of the molecule is Cc1nc(C)c(Cc2ccccc2)c(N2CCN(C(=O)c3ccc(Br)cc3)CC2)n1. The molecule has 1 amide bonds. The Morgan fingerprint density at radius 2 is 1.60 bits per heavy atom. The van der Waals surface area contributed by atoms with E-state index in [1.165, 1.54) is 11.1 Å². The van der Waals surface area contributed by atoms with Gasteiger partial charge in [0.2, 0.25) is 0 Å². The second kappa shape index (κ2) is 8.96. The molecule has 1 saturated heterocycles. The smallest absolute Gasteiger partial charge is 0.253 e. The molecule has 1 aliphatic heterocycles. The van der Waals surface area contributed by atoms with Crippen molar-refractivity contribution >= 4 is 27.7 Å². The van der Waals surface area contributed by atoms with Gasteiger partial charge in [0, 0.05) is 53.9 Å². The standard InChI is InChI=1S/C24H25BrN4O/c1-17-22(16-19-6-4-3-5-7-19)23(27-18(2)26-17)28-12-14-29(15-13-28)24(30)20-8-10-21(25)11-9-20/h3-11H,12-16H2,1-2H3. The summed E-state index contributed by atoms with van der Waals surface area (Å²) >= 11 is 3.42. The molecule has 1 aliphatic rings. The van der Waals surface area contributed by atoms with Crippen molar-refractivity contribution in [2.75, 3.05) is 31.1 Å². The lowest BCUT2D eigenvalue weighted by Gasteiger charge is -2.36. The average Bonchev–Trinajstić information content (AvgIpc) is 2.76. The fourth-order valence-electron chi connectivity index (χ4n) is 3.88. The zero-order valence-corrected chi connectivity index (χ0v) is 18.9. The molecule has 2 heterocycles. The van der Waals surface area contributed by atoms with Crippen molar-refractivity contribution in [3.05, 3.63) is 87.3 Å². The number of nitrogens with zero attached hydrogens (tertiary/aromatic N) is 4. The van der Waals surface area contributed by atoms with Gasteiger partial charge in [-0.2, -0.15) is 0 Å². The molecule has 0 aliphatic carbocycles. The zero-order valence-electron chi connectivity index (χ0n) is 17.3. The topological polar surface area (TPSA) is 49.3 Å². The largest absolute Gasteiger partial charge is 0.353 e. The third-order valence-electron chi connectivity index (χ3n) is 5.49. The third kappa shape index (κ3) is 4.54. The van der Waals surface area contributed by atoms with E-state index in [1.807, 2.05) is 42.2 Å². The Hall–Kier alpha value is -2.73. The molecular weight excluding hydrogens is 440 g/mol. The highest BCUT2D eigenvalue weighted by Gasteiger charge is 2.25. The Morgan fingerprint density at radius 1 is 0.933 bits per heavy atom. The summed E-state index contributed by atoms with van der Waals surface area (Å²) in [6, 6.07) is 18.0. The summed E-state index contributed by atoms with van der Waals surface area (Å²) in [5.74, 6) is 1.87. The number of carbonyl (C=O) groups excluding carboxylic acids is 1. The Kier molecular flexibility index (Phi) is 6.13. The van der Waals surface area contributed by atoms with Gasteiger partial charge in [0.05, 0.1) is 0 Å². The molecule has 0 saturated carbocycles. The molecule has 1 fully saturated rings. The van der Waals surface area contributed by atoms with Gasteiger partial charge in [-0.3, -0.25) is 4.79 Å². The first-order chi connectivity index (χ1) is 14.5. The van der Waals surface area contributed by atoms with Crippen molar-refractivity contribution in [2.24, 2.45) is 0 Å². The summed E-state index contributed by atoms with van der Waals surface area (Å²) in [5, 5.41) is 0. The summed E-state index contributed by atoms with van der Waals surface area (Å²) in [4.78, 5) is 26.5. The van der Waals surface area contributed by atoms with E-state index >= 15 is 0 Å². The van der Waals surface area contributed by atoms with Crippen molar-refractivity contribution in [3.8, 4) is 0 Å². The lowest BCUT2D eigenvalue weighted by Crippen LogP contribution is -2.49. The molecule has 3 aromatic rings. The van der Waals surface area contributed by atoms with E-state index in [0.29, 0.717) is 13.1 Å². The van der Waals surface area contributed by atoms with E-state index in [4.69, 9.17) is 4.98 Å². The van der Waals surface area contributed by atoms with E-state index < -0.39 is 0 Å². The van der Waals surface area contributed by atoms with Gasteiger partial charge in [0.1, 0.15) is 11.6 Å². The maximum Gasteiger partial charge on any atom is 0.253 e. The molecule has 0 radical (unpaired) electrons. The molecule has 1 aromatic heterocycles. The second-order valence-corrected chi connectivity index (χ2v) is 8.52. The molecule has 0 spiro atoms. The van der Waals surface area contributed by atoms with Gasteiger partial charge in [-0.1, -0.05) is 46.3 Å². The summed E-state index contributed by atoms with van der Waals surface area (Å²) in [6.45, 7) is 6.89. The van der Waals surface area contributed by atoms with E-state index in [0.717, 1.165) is 46.9 Å². The van der Waals surface area contributed by atoms with E-state index in [-0.39, 0.29) is 5.91 Å². The lowest BCUT2D eigenvalue weighted by atomic mass is 10.0. The first-order valence-corrected chi connectivity index (χ1v) is 11.0. The number of halogens is 1. The number of aryl methyl sites for hydroxylation is 2. The predicted molar refractivity (Wildman–Crippen MR) is 123 cm³/mol. The van der Waals surface area contributed by atoms with Crippen LogP contribution in [0.4, 0.5) is 5.82 Å². The third-order valence-corrected chi connectivity index (χ3v) is 6.01. The number of piperazine rings is 1. The van der Waals surface area contributed by atoms with Crippen LogP contribution in [0.25, 0.3) is 0 Å². The van der Waals surface area contributed by atoms with Crippen LogP contribution in [0.3, 0.4) is 0 Å². The highest BCUT2D eigenvalue weighted by Crippen LogP contribution is 2.25. The van der Waals surface area contributed by atoms with Crippen molar-refractivity contribution in [3.63, 3.8) is 0 Å². The Balaban J connectivity index is 1.51. The first kappa shape index (κ1) is 20.5. The van der Waals surface area contributed by atoms with E-state index in [1.54, 1.807) is 0 Å². The van der Waals surface area contributed by atoms with Crippen LogP contribution in [0, 0.1) is 13.8 Å². The fourth-order valence-corrected chi connectivity index (χ4v) is 4.15. The second-order valence-electron chi connectivity index (χ2n) is 7.61. The molecule has 0 unspecified atom stereocenters. The molecule has 6 heteroatoms. The van der Waals surface area contributed by atoms with E-state index in [9.17, 15) is 4.79 Å². The molecule has 154 valence electrons. The van der Waals surface area contributed by atoms with Gasteiger partial charge in [-0.05, 0) is 43.7 Å². The Bertz CT molecular complexity index is 1030. The number of rotatable bonds is 4. The van der Waals surface area contributed by atoms with E-state index in [2.05, 4.69) is 57.0 Å². The maximum atomic E-state index is 12.8. The number of hydrogen-bond donors (Lipinski definition) is 0. The van der Waals surface area contributed by atoms with Crippen molar-refractivity contribution in [1.82, 2.24) is 14.9 Å². The molecular formula is C24H25BrN4O. The molecule has 0 atom stereocenters. The summed E-state index contributed by atoms with van der Waals surface area (Å²) < 4.78 is 0.976. The van der Waals surface area contributed by atoms with Crippen LogP contribution in [-0.2, 0) is 6.42 Å². The van der Waals surface area contributed by atoms with Crippen LogP contribution in [0.15, 0.2) is 59.1 Å². The minimum Gasteiger partial charge on any atom is -0.353 e. The summed E-state index contributed by atoms with van der Waals surface area (Å²) in [6.07, 6.45) is 0.806. The number of benzene rings is 2. The molecule has 5 nitrogen and oxygen atoms in total. The predicted octanol–water partition coefficient (Wildman–Crippen LogP) is 4.41. The minimum absolute atomic E-state index is 0.0849. The Morgan fingerprint density at radius 3 is 2.27 bits per heavy atom. The molecule has 0 N–H and O–H groups in total. The lowest BCUT2D eigenvalue weighted by molar-refractivity contribution is 0.0746. The highest BCUT2D eigenvalue weighted by molar-refractivity contribution is 9.10. The number of anilines is 1. The number of aromatic nitrogens is 2. The summed E-state index contributed by atoms with van der Waals surface area (Å²) in [7, 11) is 0. The quantitative estimate of drug-likeness (QED) is 0.573. The van der Waals surface area contributed by atoms with Crippen molar-refractivity contribution in [2.45, 2.75) is 20.3 Å². The maximum absolute atomic E-state index is 12.8. The average molecular weight is 465 g/mol. The van der Waals surface area contributed by atoms with Gasteiger partial charge < -0.3 is 9.80 Å². The van der Waals surface area contributed by atoms with Crippen LogP contribution in [-0.4, -0.2) is 47.0 Å². The van der Waals surface area contributed by atoms with Gasteiger partial charge in [0.25, 0.3) is 5.91 Å². The van der Waals surface area contributed by atoms with Crippen LogP contribution in [0.2, 0.25) is 0 Å². The number of hydrogen-bond acceptors (Lipinski definition) is 4. The van der Waals surface area contributed by atoms with Gasteiger partial charge >= 0.3 is 0 Å². The van der Waals surface area contributed by atoms with Gasteiger partial charge in [0.15, 0.2) is 0 Å². The molecule has 4 rings (SSSR count). The van der Waals surface area contributed by atoms with Crippen molar-refractivity contribution < 1.29 is 4.79 Å². The molecule has 2 aromatic carbocycles. The normalized spacial score (nSPS) is 14.1. The Labute approximate surface area is 185 Å². The van der Waals surface area contributed by atoms with Crippen molar-refractivity contribution in [1.29, 1.82) is 0 Å². The molecule has 0 bridgehead atoms. The van der Waals surface area contributed by atoms with Crippen LogP contribution in [0.1, 0.15) is 33.0 Å². The minimum atomic E-state index is 0.0849. The van der Waals surface area contributed by atoms with Crippen LogP contribution < -0.4 is 4.90 Å². The summed E-state index contributed by atoms with van der Waals surface area (Å²) in [5.41, 5.74) is 4.16. The first-order valence-electron chi connectivity index (χ1n) is 10.2. The fraction of sp³-hybridized carbons (Fsp3) is 0.292. The number of carbonyl (C=O) groups is 1. The van der Waals surface area contributed by atoms with Gasteiger partial charge in [-0.15, -0.1) is 0 Å².